The van der Waals surface area contributed by atoms with E-state index in [1.54, 1.807) is 23.0 Å². The molecule has 2 aromatic rings. The van der Waals surface area contributed by atoms with Gasteiger partial charge in [0.15, 0.2) is 0 Å². The van der Waals surface area contributed by atoms with Gasteiger partial charge < -0.3 is 10.2 Å². The number of nitrogens with one attached hydrogen (secondary N) is 1. The Bertz CT molecular complexity index is 741. The molecule has 1 saturated heterocycles. The van der Waals surface area contributed by atoms with Crippen molar-refractivity contribution in [3.05, 3.63) is 53.6 Å². The predicted molar refractivity (Wildman–Crippen MR) is 98.1 cm³/mol. The minimum atomic E-state index is -0.262. The number of carbonyl (C=O) groups is 1. The number of nitrogens with zero attached hydrogens (tertiary/aromatic N) is 4. The number of amides is 1. The van der Waals surface area contributed by atoms with Gasteiger partial charge in [-0.2, -0.15) is 5.10 Å². The Morgan fingerprint density at radius 1 is 1.35 bits per heavy atom. The number of aryl methyl sites for hydroxylation is 1. The number of hydrogen-bond acceptors (Lipinski definition) is 4. The van der Waals surface area contributed by atoms with Crippen molar-refractivity contribution in [2.75, 3.05) is 39.8 Å². The van der Waals surface area contributed by atoms with Crippen LogP contribution in [0.1, 0.15) is 23.6 Å². The summed E-state index contributed by atoms with van der Waals surface area (Å²) < 4.78 is 15.5. The molecule has 0 spiro atoms. The van der Waals surface area contributed by atoms with Crippen molar-refractivity contribution in [3.8, 4) is 0 Å². The topological polar surface area (TPSA) is 53.4 Å². The lowest BCUT2D eigenvalue weighted by Gasteiger charge is -2.30. The van der Waals surface area contributed by atoms with Crippen molar-refractivity contribution in [2.24, 2.45) is 7.05 Å². The van der Waals surface area contributed by atoms with E-state index in [0.29, 0.717) is 13.0 Å². The number of aromatic nitrogens is 2. The van der Waals surface area contributed by atoms with Gasteiger partial charge in [0, 0.05) is 58.0 Å². The number of piperazine rings is 1. The van der Waals surface area contributed by atoms with Gasteiger partial charge in [0.1, 0.15) is 5.82 Å². The Morgan fingerprint density at radius 2 is 2.12 bits per heavy atom. The van der Waals surface area contributed by atoms with Crippen LogP contribution in [-0.4, -0.2) is 65.3 Å². The molecule has 26 heavy (non-hydrogen) atoms. The molecule has 0 radical (unpaired) electrons. The number of carbonyl (C=O) groups excluding carboxylic acids is 1. The molecule has 3 rings (SSSR count). The number of halogens is 1. The molecule has 7 heteroatoms. The lowest BCUT2D eigenvalue weighted by atomic mass is 10.00. The molecule has 0 aliphatic carbocycles. The highest BCUT2D eigenvalue weighted by Gasteiger charge is 2.23. The fraction of sp³-hybridized carbons (Fsp3) is 0.474. The first-order valence-electron chi connectivity index (χ1n) is 8.97. The molecule has 1 aliphatic heterocycles. The van der Waals surface area contributed by atoms with E-state index in [2.05, 4.69) is 15.3 Å². The highest BCUT2D eigenvalue weighted by Crippen LogP contribution is 2.28. The SMILES string of the molecule is CN(CCC(=O)N1CCNCC1)C(c1cccc(F)c1)c1cnn(C)c1. The van der Waals surface area contributed by atoms with Crippen molar-refractivity contribution in [2.45, 2.75) is 12.5 Å². The van der Waals surface area contributed by atoms with Gasteiger partial charge in [-0.15, -0.1) is 0 Å². The first-order chi connectivity index (χ1) is 12.5. The first-order valence-corrected chi connectivity index (χ1v) is 8.97. The van der Waals surface area contributed by atoms with Crippen LogP contribution in [0.5, 0.6) is 0 Å². The van der Waals surface area contributed by atoms with Crippen LogP contribution in [0, 0.1) is 5.82 Å². The average Bonchev–Trinajstić information content (AvgIpc) is 3.06. The van der Waals surface area contributed by atoms with Crippen LogP contribution in [0.4, 0.5) is 4.39 Å². The van der Waals surface area contributed by atoms with E-state index in [-0.39, 0.29) is 17.8 Å². The molecule has 1 amide bonds. The third kappa shape index (κ3) is 4.47. The van der Waals surface area contributed by atoms with Gasteiger partial charge in [-0.25, -0.2) is 4.39 Å². The van der Waals surface area contributed by atoms with Crippen LogP contribution in [0.15, 0.2) is 36.7 Å². The summed E-state index contributed by atoms with van der Waals surface area (Å²) in [5.41, 5.74) is 1.84. The molecule has 0 bridgehead atoms. The van der Waals surface area contributed by atoms with Crippen LogP contribution in [-0.2, 0) is 11.8 Å². The summed E-state index contributed by atoms with van der Waals surface area (Å²) in [6.45, 7) is 3.82. The van der Waals surface area contributed by atoms with E-state index in [1.165, 1.54) is 6.07 Å². The van der Waals surface area contributed by atoms with E-state index in [4.69, 9.17) is 0 Å². The molecule has 1 aliphatic rings. The predicted octanol–water partition coefficient (Wildman–Crippen LogP) is 1.40. The Kier molecular flexibility index (Phi) is 6.00. The molecule has 1 N–H and O–H groups in total. The van der Waals surface area contributed by atoms with Gasteiger partial charge >= 0.3 is 0 Å². The van der Waals surface area contributed by atoms with E-state index in [1.807, 2.05) is 31.3 Å². The summed E-state index contributed by atoms with van der Waals surface area (Å²) in [4.78, 5) is 16.4. The largest absolute Gasteiger partial charge is 0.340 e. The van der Waals surface area contributed by atoms with Gasteiger partial charge in [0.2, 0.25) is 5.91 Å². The molecular weight excluding hydrogens is 333 g/mol. The third-order valence-corrected chi connectivity index (χ3v) is 4.79. The van der Waals surface area contributed by atoms with E-state index < -0.39 is 0 Å². The monoisotopic (exact) mass is 359 g/mol. The number of benzene rings is 1. The summed E-state index contributed by atoms with van der Waals surface area (Å²) in [6.07, 6.45) is 4.18. The van der Waals surface area contributed by atoms with Crippen molar-refractivity contribution in [1.29, 1.82) is 0 Å². The Morgan fingerprint density at radius 3 is 2.77 bits per heavy atom. The lowest BCUT2D eigenvalue weighted by molar-refractivity contribution is -0.132. The summed E-state index contributed by atoms with van der Waals surface area (Å²) in [5.74, 6) is -0.0933. The number of hydrogen-bond donors (Lipinski definition) is 1. The van der Waals surface area contributed by atoms with Crippen molar-refractivity contribution in [1.82, 2.24) is 24.9 Å². The smallest absolute Gasteiger partial charge is 0.223 e. The fourth-order valence-corrected chi connectivity index (χ4v) is 3.43. The van der Waals surface area contributed by atoms with Gasteiger partial charge in [0.25, 0.3) is 0 Å². The molecule has 1 aromatic carbocycles. The summed E-state index contributed by atoms with van der Waals surface area (Å²) in [6, 6.07) is 6.47. The second-order valence-electron chi connectivity index (χ2n) is 6.77. The Labute approximate surface area is 153 Å². The maximum atomic E-state index is 13.8. The van der Waals surface area contributed by atoms with E-state index >= 15 is 0 Å². The standard InChI is InChI=1S/C19H26FN5O/c1-23(9-6-18(26)25-10-7-21-8-11-25)19(16-13-22-24(2)14-16)15-4-3-5-17(20)12-15/h3-5,12-14,19,21H,6-11H2,1-2H3. The Hall–Kier alpha value is -2.25. The summed E-state index contributed by atoms with van der Waals surface area (Å²) in [7, 11) is 3.83. The third-order valence-electron chi connectivity index (χ3n) is 4.79. The zero-order valence-electron chi connectivity index (χ0n) is 15.4. The molecular formula is C19H26FN5O. The van der Waals surface area contributed by atoms with Crippen LogP contribution < -0.4 is 5.32 Å². The molecule has 1 unspecified atom stereocenters. The zero-order chi connectivity index (χ0) is 18.5. The molecule has 0 saturated carbocycles. The molecule has 140 valence electrons. The second kappa shape index (κ2) is 8.42. The highest BCUT2D eigenvalue weighted by atomic mass is 19.1. The van der Waals surface area contributed by atoms with E-state index in [0.717, 1.165) is 37.3 Å². The summed E-state index contributed by atoms with van der Waals surface area (Å²) in [5, 5.41) is 7.50. The highest BCUT2D eigenvalue weighted by molar-refractivity contribution is 5.76. The molecule has 1 fully saturated rings. The number of rotatable bonds is 6. The average molecular weight is 359 g/mol. The van der Waals surface area contributed by atoms with Crippen molar-refractivity contribution in [3.63, 3.8) is 0 Å². The quantitative estimate of drug-likeness (QED) is 0.847. The maximum Gasteiger partial charge on any atom is 0.223 e. The second-order valence-corrected chi connectivity index (χ2v) is 6.77. The first kappa shape index (κ1) is 18.5. The molecule has 6 nitrogen and oxygen atoms in total. The van der Waals surface area contributed by atoms with Crippen LogP contribution in [0.2, 0.25) is 0 Å². The van der Waals surface area contributed by atoms with Gasteiger partial charge in [-0.1, -0.05) is 12.1 Å². The minimum absolute atomic E-state index is 0.143. The van der Waals surface area contributed by atoms with Crippen molar-refractivity contribution < 1.29 is 9.18 Å². The van der Waals surface area contributed by atoms with Gasteiger partial charge in [-0.05, 0) is 24.7 Å². The molecule has 1 aromatic heterocycles. The van der Waals surface area contributed by atoms with Crippen molar-refractivity contribution >= 4 is 5.91 Å². The Balaban J connectivity index is 1.72. The van der Waals surface area contributed by atoms with Crippen LogP contribution in [0.3, 0.4) is 0 Å². The molecule has 1 atom stereocenters. The maximum absolute atomic E-state index is 13.8. The minimum Gasteiger partial charge on any atom is -0.340 e. The van der Waals surface area contributed by atoms with Gasteiger partial charge in [-0.3, -0.25) is 14.4 Å². The lowest BCUT2D eigenvalue weighted by Crippen LogP contribution is -2.47. The molecule has 2 heterocycles. The normalized spacial score (nSPS) is 16.1. The van der Waals surface area contributed by atoms with Gasteiger partial charge in [0.05, 0.1) is 12.2 Å². The van der Waals surface area contributed by atoms with E-state index in [9.17, 15) is 9.18 Å². The van der Waals surface area contributed by atoms with Crippen LogP contribution in [0.25, 0.3) is 0 Å². The summed E-state index contributed by atoms with van der Waals surface area (Å²) >= 11 is 0. The fourth-order valence-electron chi connectivity index (χ4n) is 3.43. The van der Waals surface area contributed by atoms with Crippen LogP contribution >= 0.6 is 0 Å². The zero-order valence-corrected chi connectivity index (χ0v) is 15.4.